The summed E-state index contributed by atoms with van der Waals surface area (Å²) in [5.41, 5.74) is 2.16. The zero-order valence-corrected chi connectivity index (χ0v) is 12.6. The zero-order chi connectivity index (χ0) is 16.1. The highest BCUT2D eigenvalue weighted by molar-refractivity contribution is 5.94. The van der Waals surface area contributed by atoms with Gasteiger partial charge in [0.05, 0.1) is 30.9 Å². The number of carbonyl (C=O) groups is 1. The van der Waals surface area contributed by atoms with Crippen molar-refractivity contribution < 1.29 is 9.53 Å². The third-order valence-electron chi connectivity index (χ3n) is 4.02. The molecule has 5 heteroatoms. The molecule has 0 radical (unpaired) electrons. The molecule has 3 rings (SSSR count). The summed E-state index contributed by atoms with van der Waals surface area (Å²) in [6.07, 6.45) is 4.38. The first-order valence-electron chi connectivity index (χ1n) is 7.54. The maximum atomic E-state index is 12.4. The molecule has 0 bridgehead atoms. The number of carbonyl (C=O) groups excluding carboxylic acids is 1. The highest BCUT2D eigenvalue weighted by Crippen LogP contribution is 2.19. The lowest BCUT2D eigenvalue weighted by Gasteiger charge is -2.19. The molecule has 2 atom stereocenters. The van der Waals surface area contributed by atoms with Crippen LogP contribution in [0.1, 0.15) is 21.5 Å². The smallest absolute Gasteiger partial charge is 0.251 e. The van der Waals surface area contributed by atoms with E-state index in [0.29, 0.717) is 24.3 Å². The number of pyridine rings is 1. The standard InChI is InChI=1S/C18H17N3O2/c19-10-14-2-1-3-15(9-14)18(22)21-17-12-23-11-16(17)8-13-4-6-20-7-5-13/h1-7,9,16-17H,8,11-12H2,(H,21,22)/t16-,17+/m1/s1. The van der Waals surface area contributed by atoms with Crippen LogP contribution < -0.4 is 5.32 Å². The van der Waals surface area contributed by atoms with Gasteiger partial charge in [-0.3, -0.25) is 9.78 Å². The van der Waals surface area contributed by atoms with E-state index in [1.54, 1.807) is 36.7 Å². The van der Waals surface area contributed by atoms with Crippen molar-refractivity contribution in [2.24, 2.45) is 5.92 Å². The number of aromatic nitrogens is 1. The molecule has 2 heterocycles. The molecular weight excluding hydrogens is 290 g/mol. The van der Waals surface area contributed by atoms with E-state index >= 15 is 0 Å². The van der Waals surface area contributed by atoms with Crippen LogP contribution >= 0.6 is 0 Å². The topological polar surface area (TPSA) is 75.0 Å². The van der Waals surface area contributed by atoms with Gasteiger partial charge in [-0.25, -0.2) is 0 Å². The maximum absolute atomic E-state index is 12.4. The van der Waals surface area contributed by atoms with Crippen molar-refractivity contribution in [1.29, 1.82) is 5.26 Å². The van der Waals surface area contributed by atoms with Crippen LogP contribution in [-0.4, -0.2) is 30.1 Å². The van der Waals surface area contributed by atoms with E-state index in [2.05, 4.69) is 10.3 Å². The van der Waals surface area contributed by atoms with Crippen LogP contribution in [0.4, 0.5) is 0 Å². The van der Waals surface area contributed by atoms with Gasteiger partial charge in [0.15, 0.2) is 0 Å². The fraction of sp³-hybridized carbons (Fsp3) is 0.278. The van der Waals surface area contributed by atoms with Gasteiger partial charge in [0.25, 0.3) is 5.91 Å². The van der Waals surface area contributed by atoms with E-state index in [1.807, 2.05) is 18.2 Å². The molecule has 0 spiro atoms. The Hall–Kier alpha value is -2.71. The second kappa shape index (κ2) is 7.03. The fourth-order valence-corrected chi connectivity index (χ4v) is 2.76. The predicted octanol–water partition coefficient (Wildman–Crippen LogP) is 1.94. The summed E-state index contributed by atoms with van der Waals surface area (Å²) in [5.74, 6) is 0.0674. The number of rotatable bonds is 4. The molecule has 1 saturated heterocycles. The second-order valence-corrected chi connectivity index (χ2v) is 5.63. The number of nitrogens with zero attached hydrogens (tertiary/aromatic N) is 2. The normalized spacial score (nSPS) is 20.0. The summed E-state index contributed by atoms with van der Waals surface area (Å²) in [6.45, 7) is 1.14. The molecule has 1 aromatic carbocycles. The van der Waals surface area contributed by atoms with Gasteiger partial charge in [0, 0.05) is 23.9 Å². The molecule has 1 N–H and O–H groups in total. The van der Waals surface area contributed by atoms with Crippen molar-refractivity contribution in [2.75, 3.05) is 13.2 Å². The molecular formula is C18H17N3O2. The Morgan fingerprint density at radius 3 is 2.91 bits per heavy atom. The first-order valence-corrected chi connectivity index (χ1v) is 7.54. The van der Waals surface area contributed by atoms with Crippen LogP contribution in [0.5, 0.6) is 0 Å². The van der Waals surface area contributed by atoms with E-state index in [4.69, 9.17) is 10.00 Å². The quantitative estimate of drug-likeness (QED) is 0.936. The van der Waals surface area contributed by atoms with Crippen LogP contribution in [0.2, 0.25) is 0 Å². The summed E-state index contributed by atoms with van der Waals surface area (Å²) in [7, 11) is 0. The lowest BCUT2D eigenvalue weighted by molar-refractivity contribution is 0.0925. The molecule has 1 aliphatic rings. The van der Waals surface area contributed by atoms with Gasteiger partial charge in [-0.15, -0.1) is 0 Å². The van der Waals surface area contributed by atoms with E-state index in [-0.39, 0.29) is 17.9 Å². The van der Waals surface area contributed by atoms with Crippen LogP contribution in [0.3, 0.4) is 0 Å². The monoisotopic (exact) mass is 307 g/mol. The molecule has 23 heavy (non-hydrogen) atoms. The Morgan fingerprint density at radius 1 is 1.30 bits per heavy atom. The van der Waals surface area contributed by atoms with Crippen molar-refractivity contribution in [3.63, 3.8) is 0 Å². The lowest BCUT2D eigenvalue weighted by atomic mass is 9.95. The molecule has 0 aliphatic carbocycles. The third-order valence-corrected chi connectivity index (χ3v) is 4.02. The van der Waals surface area contributed by atoms with Gasteiger partial charge in [-0.2, -0.15) is 5.26 Å². The first kappa shape index (κ1) is 15.2. The molecule has 1 amide bonds. The highest BCUT2D eigenvalue weighted by Gasteiger charge is 2.29. The Labute approximate surface area is 134 Å². The van der Waals surface area contributed by atoms with Crippen LogP contribution in [0.25, 0.3) is 0 Å². The van der Waals surface area contributed by atoms with Crippen LogP contribution in [0, 0.1) is 17.2 Å². The molecule has 2 aromatic rings. The van der Waals surface area contributed by atoms with Crippen molar-refractivity contribution in [3.05, 3.63) is 65.5 Å². The van der Waals surface area contributed by atoms with Crippen molar-refractivity contribution in [3.8, 4) is 6.07 Å². The number of benzene rings is 1. The Kier molecular flexibility index (Phi) is 4.65. The fourth-order valence-electron chi connectivity index (χ4n) is 2.76. The second-order valence-electron chi connectivity index (χ2n) is 5.63. The highest BCUT2D eigenvalue weighted by atomic mass is 16.5. The van der Waals surface area contributed by atoms with Gasteiger partial charge in [0.2, 0.25) is 0 Å². The maximum Gasteiger partial charge on any atom is 0.251 e. The Bertz CT molecular complexity index is 725. The summed E-state index contributed by atoms with van der Waals surface area (Å²) < 4.78 is 5.54. The first-order chi connectivity index (χ1) is 11.3. The van der Waals surface area contributed by atoms with Crippen molar-refractivity contribution >= 4 is 5.91 Å². The average molecular weight is 307 g/mol. The molecule has 116 valence electrons. The largest absolute Gasteiger partial charge is 0.379 e. The number of ether oxygens (including phenoxy) is 1. The number of hydrogen-bond acceptors (Lipinski definition) is 4. The number of nitrogens with one attached hydrogen (secondary N) is 1. The summed E-state index contributed by atoms with van der Waals surface area (Å²) >= 11 is 0. The molecule has 5 nitrogen and oxygen atoms in total. The molecule has 1 fully saturated rings. The summed E-state index contributed by atoms with van der Waals surface area (Å²) in [6, 6.07) is 12.7. The Morgan fingerprint density at radius 2 is 2.13 bits per heavy atom. The predicted molar refractivity (Wildman–Crippen MR) is 84.7 cm³/mol. The van der Waals surface area contributed by atoms with Gasteiger partial charge in [-0.05, 0) is 42.3 Å². The number of hydrogen-bond donors (Lipinski definition) is 1. The van der Waals surface area contributed by atoms with Crippen LogP contribution in [0.15, 0.2) is 48.8 Å². The Balaban J connectivity index is 1.66. The molecule has 1 aromatic heterocycles. The van der Waals surface area contributed by atoms with Gasteiger partial charge >= 0.3 is 0 Å². The van der Waals surface area contributed by atoms with E-state index < -0.39 is 0 Å². The number of amides is 1. The number of nitriles is 1. The van der Waals surface area contributed by atoms with Gasteiger partial charge in [0.1, 0.15) is 0 Å². The average Bonchev–Trinajstić information content (AvgIpc) is 3.02. The van der Waals surface area contributed by atoms with E-state index in [9.17, 15) is 4.79 Å². The molecule has 0 unspecified atom stereocenters. The zero-order valence-electron chi connectivity index (χ0n) is 12.6. The summed E-state index contributed by atoms with van der Waals surface area (Å²) in [4.78, 5) is 16.4. The molecule has 1 aliphatic heterocycles. The van der Waals surface area contributed by atoms with E-state index in [0.717, 1.165) is 6.42 Å². The van der Waals surface area contributed by atoms with E-state index in [1.165, 1.54) is 5.56 Å². The third kappa shape index (κ3) is 3.74. The summed E-state index contributed by atoms with van der Waals surface area (Å²) in [5, 5.41) is 12.0. The minimum absolute atomic E-state index is 0.0265. The lowest BCUT2D eigenvalue weighted by Crippen LogP contribution is -2.40. The minimum atomic E-state index is -0.169. The van der Waals surface area contributed by atoms with Gasteiger partial charge in [-0.1, -0.05) is 6.07 Å². The molecule has 0 saturated carbocycles. The minimum Gasteiger partial charge on any atom is -0.379 e. The van der Waals surface area contributed by atoms with Crippen LogP contribution in [-0.2, 0) is 11.2 Å². The van der Waals surface area contributed by atoms with Crippen molar-refractivity contribution in [2.45, 2.75) is 12.5 Å². The van der Waals surface area contributed by atoms with Gasteiger partial charge < -0.3 is 10.1 Å². The van der Waals surface area contributed by atoms with Crippen molar-refractivity contribution in [1.82, 2.24) is 10.3 Å². The SMILES string of the molecule is N#Cc1cccc(C(=O)N[C@H]2COC[C@H]2Cc2ccncc2)c1.